The number of aromatic nitrogens is 1. The average Bonchev–Trinajstić information content (AvgIpc) is 2.68. The van der Waals surface area contributed by atoms with Crippen LogP contribution >= 0.6 is 34.8 Å². The van der Waals surface area contributed by atoms with E-state index in [4.69, 9.17) is 49.0 Å². The Kier molecular flexibility index (Phi) is 5.58. The molecule has 4 rings (SSSR count). The Labute approximate surface area is 181 Å². The summed E-state index contributed by atoms with van der Waals surface area (Å²) < 4.78 is 16.7. The number of carbonyl (C=O) groups is 1. The number of nitrogens with one attached hydrogen (secondary N) is 1. The van der Waals surface area contributed by atoms with Gasteiger partial charge in [0.15, 0.2) is 23.9 Å². The highest BCUT2D eigenvalue weighted by molar-refractivity contribution is 6.39. The first kappa shape index (κ1) is 19.9. The standard InChI is InChI=1S/C20H15Cl3N2O4/c1-10-2-3-11-12(21)6-14(23)20(19(11)24-10)29-9-18(26)25-15-8-17-16(7-13(15)22)27-4-5-28-17/h2-3,6-8H,4-5,9H2,1H3,(H,25,26). The Balaban J connectivity index is 1.53. The maximum Gasteiger partial charge on any atom is 0.262 e. The van der Waals surface area contributed by atoms with Crippen molar-refractivity contribution in [2.24, 2.45) is 0 Å². The van der Waals surface area contributed by atoms with Crippen LogP contribution in [0.3, 0.4) is 0 Å². The molecular weight excluding hydrogens is 439 g/mol. The Morgan fingerprint density at radius 1 is 1.07 bits per heavy atom. The summed E-state index contributed by atoms with van der Waals surface area (Å²) >= 11 is 18.7. The van der Waals surface area contributed by atoms with Gasteiger partial charge < -0.3 is 19.5 Å². The first-order chi connectivity index (χ1) is 13.9. The summed E-state index contributed by atoms with van der Waals surface area (Å²) in [5.41, 5.74) is 1.66. The summed E-state index contributed by atoms with van der Waals surface area (Å²) in [6, 6.07) is 8.45. The number of carbonyl (C=O) groups excluding carboxylic acids is 1. The van der Waals surface area contributed by atoms with Crippen molar-refractivity contribution in [2.45, 2.75) is 6.92 Å². The number of halogens is 3. The number of aryl methyl sites for hydroxylation is 1. The zero-order chi connectivity index (χ0) is 20.5. The number of ether oxygens (including phenoxy) is 3. The van der Waals surface area contributed by atoms with Crippen LogP contribution in [0.2, 0.25) is 15.1 Å². The fourth-order valence-corrected chi connectivity index (χ4v) is 3.68. The van der Waals surface area contributed by atoms with Crippen LogP contribution in [0.1, 0.15) is 5.69 Å². The molecule has 0 spiro atoms. The smallest absolute Gasteiger partial charge is 0.262 e. The lowest BCUT2D eigenvalue weighted by Crippen LogP contribution is -2.21. The first-order valence-electron chi connectivity index (χ1n) is 8.69. The van der Waals surface area contributed by atoms with E-state index < -0.39 is 5.91 Å². The van der Waals surface area contributed by atoms with Gasteiger partial charge in [0.1, 0.15) is 18.7 Å². The van der Waals surface area contributed by atoms with Crippen molar-refractivity contribution in [2.75, 3.05) is 25.1 Å². The molecule has 1 amide bonds. The summed E-state index contributed by atoms with van der Waals surface area (Å²) in [6.07, 6.45) is 0. The molecule has 0 saturated carbocycles. The second kappa shape index (κ2) is 8.14. The molecule has 2 aromatic carbocycles. The minimum Gasteiger partial charge on any atom is -0.486 e. The number of nitrogens with zero attached hydrogens (tertiary/aromatic N) is 1. The Morgan fingerprint density at radius 3 is 2.55 bits per heavy atom. The second-order valence-corrected chi connectivity index (χ2v) is 7.55. The van der Waals surface area contributed by atoms with E-state index in [0.717, 1.165) is 5.69 Å². The van der Waals surface area contributed by atoms with Crippen LogP contribution in [-0.2, 0) is 4.79 Å². The van der Waals surface area contributed by atoms with Gasteiger partial charge in [0, 0.05) is 23.2 Å². The van der Waals surface area contributed by atoms with Gasteiger partial charge in [-0.1, -0.05) is 34.8 Å². The number of amides is 1. The van der Waals surface area contributed by atoms with Gasteiger partial charge in [-0.3, -0.25) is 4.79 Å². The van der Waals surface area contributed by atoms with Crippen LogP contribution < -0.4 is 19.5 Å². The molecule has 6 nitrogen and oxygen atoms in total. The van der Waals surface area contributed by atoms with E-state index in [1.165, 1.54) is 0 Å². The molecule has 2 heterocycles. The van der Waals surface area contributed by atoms with Crippen LogP contribution in [0.5, 0.6) is 17.2 Å². The summed E-state index contributed by atoms with van der Waals surface area (Å²) in [5.74, 6) is 0.924. The van der Waals surface area contributed by atoms with Crippen LogP contribution in [0.4, 0.5) is 5.69 Å². The number of anilines is 1. The van der Waals surface area contributed by atoms with Crippen molar-refractivity contribution in [1.82, 2.24) is 4.98 Å². The van der Waals surface area contributed by atoms with Crippen LogP contribution in [-0.4, -0.2) is 30.7 Å². The van der Waals surface area contributed by atoms with Gasteiger partial charge in [-0.2, -0.15) is 0 Å². The van der Waals surface area contributed by atoms with Gasteiger partial charge >= 0.3 is 0 Å². The highest BCUT2D eigenvalue weighted by atomic mass is 35.5. The van der Waals surface area contributed by atoms with Gasteiger partial charge in [-0.15, -0.1) is 0 Å². The van der Waals surface area contributed by atoms with Crippen molar-refractivity contribution >= 4 is 57.3 Å². The number of hydrogen-bond acceptors (Lipinski definition) is 5. The average molecular weight is 454 g/mol. The fourth-order valence-electron chi connectivity index (χ4n) is 2.91. The van der Waals surface area contributed by atoms with Crippen molar-refractivity contribution in [3.8, 4) is 17.2 Å². The summed E-state index contributed by atoms with van der Waals surface area (Å²) in [6.45, 7) is 2.43. The second-order valence-electron chi connectivity index (χ2n) is 6.33. The fraction of sp³-hybridized carbons (Fsp3) is 0.200. The molecule has 0 saturated heterocycles. The highest BCUT2D eigenvalue weighted by Crippen LogP contribution is 2.39. The molecule has 0 unspecified atom stereocenters. The van der Waals surface area contributed by atoms with E-state index in [9.17, 15) is 4.79 Å². The Hall–Kier alpha value is -2.41. The van der Waals surface area contributed by atoms with E-state index in [1.54, 1.807) is 18.2 Å². The Morgan fingerprint density at radius 2 is 1.79 bits per heavy atom. The third-order valence-corrected chi connectivity index (χ3v) is 5.14. The lowest BCUT2D eigenvalue weighted by molar-refractivity contribution is -0.118. The molecule has 0 radical (unpaired) electrons. The molecule has 1 N–H and O–H groups in total. The largest absolute Gasteiger partial charge is 0.486 e. The maximum absolute atomic E-state index is 12.4. The van der Waals surface area contributed by atoms with E-state index in [1.807, 2.05) is 19.1 Å². The zero-order valence-corrected chi connectivity index (χ0v) is 17.5. The maximum atomic E-state index is 12.4. The predicted octanol–water partition coefficient (Wildman–Crippen LogP) is 5.29. The SMILES string of the molecule is Cc1ccc2c(Cl)cc(Cl)c(OCC(=O)Nc3cc4c(cc3Cl)OCCO4)c2n1. The summed E-state index contributed by atoms with van der Waals surface area (Å²) in [7, 11) is 0. The van der Waals surface area contributed by atoms with Crippen molar-refractivity contribution in [3.05, 3.63) is 51.1 Å². The zero-order valence-electron chi connectivity index (χ0n) is 15.2. The van der Waals surface area contributed by atoms with Gasteiger partial charge in [0.2, 0.25) is 0 Å². The molecule has 0 aliphatic carbocycles. The van der Waals surface area contributed by atoms with Gasteiger partial charge in [-0.25, -0.2) is 4.98 Å². The molecule has 29 heavy (non-hydrogen) atoms. The van der Waals surface area contributed by atoms with E-state index in [-0.39, 0.29) is 17.4 Å². The topological polar surface area (TPSA) is 69.7 Å². The number of pyridine rings is 1. The number of benzene rings is 2. The van der Waals surface area contributed by atoms with Gasteiger partial charge in [-0.05, 0) is 25.1 Å². The quantitative estimate of drug-likeness (QED) is 0.581. The lowest BCUT2D eigenvalue weighted by atomic mass is 10.2. The normalized spacial score (nSPS) is 12.7. The third-order valence-electron chi connectivity index (χ3n) is 4.23. The van der Waals surface area contributed by atoms with Crippen LogP contribution in [0.25, 0.3) is 10.9 Å². The lowest BCUT2D eigenvalue weighted by Gasteiger charge is -2.20. The van der Waals surface area contributed by atoms with Gasteiger partial charge in [0.25, 0.3) is 5.91 Å². The Bertz CT molecular complexity index is 1120. The van der Waals surface area contributed by atoms with Gasteiger partial charge in [0.05, 0.1) is 20.8 Å². The molecule has 9 heteroatoms. The molecule has 1 aromatic heterocycles. The third kappa shape index (κ3) is 4.15. The minimum atomic E-state index is -0.421. The number of hydrogen-bond donors (Lipinski definition) is 1. The van der Waals surface area contributed by atoms with Crippen LogP contribution in [0, 0.1) is 6.92 Å². The van der Waals surface area contributed by atoms with E-state index >= 15 is 0 Å². The monoisotopic (exact) mass is 452 g/mol. The summed E-state index contributed by atoms with van der Waals surface area (Å²) in [5, 5.41) is 4.44. The molecule has 1 aliphatic heterocycles. The van der Waals surface area contributed by atoms with E-state index in [0.29, 0.717) is 51.3 Å². The minimum absolute atomic E-state index is 0.269. The predicted molar refractivity (Wildman–Crippen MR) is 113 cm³/mol. The first-order valence-corrected chi connectivity index (χ1v) is 9.83. The van der Waals surface area contributed by atoms with Crippen molar-refractivity contribution < 1.29 is 19.0 Å². The van der Waals surface area contributed by atoms with Crippen molar-refractivity contribution in [3.63, 3.8) is 0 Å². The number of rotatable bonds is 4. The molecule has 3 aromatic rings. The molecule has 0 fully saturated rings. The molecule has 0 bridgehead atoms. The highest BCUT2D eigenvalue weighted by Gasteiger charge is 2.18. The molecule has 0 atom stereocenters. The summed E-state index contributed by atoms with van der Waals surface area (Å²) in [4.78, 5) is 16.9. The van der Waals surface area contributed by atoms with Crippen molar-refractivity contribution in [1.29, 1.82) is 0 Å². The van der Waals surface area contributed by atoms with Crippen LogP contribution in [0.15, 0.2) is 30.3 Å². The molecule has 1 aliphatic rings. The molecule has 150 valence electrons. The number of fused-ring (bicyclic) bond motifs is 2. The van der Waals surface area contributed by atoms with E-state index in [2.05, 4.69) is 10.3 Å². The molecular formula is C20H15Cl3N2O4.